The molecule has 8 nitrogen and oxygen atoms in total. The minimum Gasteiger partial charge on any atom is -0.336 e. The maximum atomic E-state index is 13.7. The van der Waals surface area contributed by atoms with Gasteiger partial charge in [-0.1, -0.05) is 67.4 Å². The molecule has 0 spiro atoms. The Morgan fingerprint density at radius 2 is 1.85 bits per heavy atom. The van der Waals surface area contributed by atoms with Crippen molar-refractivity contribution in [3.63, 3.8) is 0 Å². The van der Waals surface area contributed by atoms with Crippen LogP contribution in [-0.2, 0) is 10.0 Å². The van der Waals surface area contributed by atoms with Crippen molar-refractivity contribution in [3.05, 3.63) is 81.4 Å². The number of hydrogen-bond donors (Lipinski definition) is 0. The Bertz CT molecular complexity index is 1620. The average molecular weight is 605 g/mol. The molecule has 0 saturated carbocycles. The zero-order valence-corrected chi connectivity index (χ0v) is 24.7. The molecule has 0 bridgehead atoms. The van der Waals surface area contributed by atoms with Crippen molar-refractivity contribution in [1.82, 2.24) is 24.0 Å². The van der Waals surface area contributed by atoms with Gasteiger partial charge >= 0.3 is 0 Å². The molecule has 3 heterocycles. The van der Waals surface area contributed by atoms with E-state index in [2.05, 4.69) is 5.10 Å². The summed E-state index contributed by atoms with van der Waals surface area (Å²) in [4.78, 5) is 20.1. The van der Waals surface area contributed by atoms with Crippen LogP contribution in [0, 0.1) is 0 Å². The molecule has 5 rings (SSSR count). The summed E-state index contributed by atoms with van der Waals surface area (Å²) in [6, 6.07) is 13.8. The molecule has 1 fully saturated rings. The van der Waals surface area contributed by atoms with E-state index in [1.54, 1.807) is 28.8 Å². The van der Waals surface area contributed by atoms with Gasteiger partial charge in [0.2, 0.25) is 15.2 Å². The smallest absolute Gasteiger partial charge is 0.257 e. The van der Waals surface area contributed by atoms with Gasteiger partial charge in [-0.3, -0.25) is 4.79 Å². The molecular formula is C27H27Cl2N5O3S2. The third-order valence-corrected chi connectivity index (χ3v) is 10.2. The normalized spacial score (nSPS) is 16.7. The number of aromatic nitrogens is 3. The molecule has 1 aliphatic heterocycles. The maximum Gasteiger partial charge on any atom is 0.257 e. The third kappa shape index (κ3) is 5.36. The molecule has 1 amide bonds. The fourth-order valence-corrected chi connectivity index (χ4v) is 7.94. The Labute approximate surface area is 241 Å². The van der Waals surface area contributed by atoms with Crippen LogP contribution in [0.25, 0.3) is 16.4 Å². The van der Waals surface area contributed by atoms with E-state index in [4.69, 9.17) is 28.2 Å². The number of carbonyl (C=O) groups is 1. The molecule has 2 aromatic carbocycles. The SMILES string of the molecule is CC(C)c1c(C(=O)N2CCN(S(=O)(=O)c3cc(Cl)ccc3Cl)C(C)C2)cnn1-c1nc(-c2ccccc2)cs1. The topological polar surface area (TPSA) is 88.4 Å². The molecule has 0 radical (unpaired) electrons. The van der Waals surface area contributed by atoms with Gasteiger partial charge in [0, 0.05) is 41.6 Å². The van der Waals surface area contributed by atoms with Crippen molar-refractivity contribution >= 4 is 50.5 Å². The predicted octanol–water partition coefficient (Wildman–Crippen LogP) is 5.96. The van der Waals surface area contributed by atoms with Crippen LogP contribution in [0.15, 0.2) is 65.0 Å². The van der Waals surface area contributed by atoms with Gasteiger partial charge < -0.3 is 4.90 Å². The second-order valence-electron chi connectivity index (χ2n) is 9.68. The summed E-state index contributed by atoms with van der Waals surface area (Å²) < 4.78 is 29.9. The van der Waals surface area contributed by atoms with Gasteiger partial charge in [0.15, 0.2) is 0 Å². The van der Waals surface area contributed by atoms with Crippen LogP contribution in [0.5, 0.6) is 0 Å². The monoisotopic (exact) mass is 603 g/mol. The van der Waals surface area contributed by atoms with Gasteiger partial charge in [0.25, 0.3) is 5.91 Å². The van der Waals surface area contributed by atoms with E-state index in [1.165, 1.54) is 27.8 Å². The summed E-state index contributed by atoms with van der Waals surface area (Å²) in [6.45, 7) is 6.40. The first-order valence-electron chi connectivity index (χ1n) is 12.4. The molecular weight excluding hydrogens is 577 g/mol. The highest BCUT2D eigenvalue weighted by Gasteiger charge is 2.37. The molecule has 0 N–H and O–H groups in total. The highest BCUT2D eigenvalue weighted by Crippen LogP contribution is 2.32. The molecule has 1 aliphatic rings. The molecule has 0 aliphatic carbocycles. The van der Waals surface area contributed by atoms with Crippen LogP contribution in [0.4, 0.5) is 0 Å². The standard InChI is InChI=1S/C27H27Cl2N5O3S2/c1-17(2)25-21(14-30-34(25)27-31-23(16-38-27)19-7-5-4-6-8-19)26(35)32-11-12-33(18(3)15-32)39(36,37)24-13-20(28)9-10-22(24)29/h4-10,13-14,16-18H,11-12,15H2,1-3H3. The summed E-state index contributed by atoms with van der Waals surface area (Å²) in [5, 5.41) is 7.60. The lowest BCUT2D eigenvalue weighted by molar-refractivity contribution is 0.0640. The molecule has 12 heteroatoms. The van der Waals surface area contributed by atoms with E-state index in [0.717, 1.165) is 17.0 Å². The van der Waals surface area contributed by atoms with Gasteiger partial charge in [0.05, 0.1) is 28.2 Å². The predicted molar refractivity (Wildman–Crippen MR) is 154 cm³/mol. The number of thiazole rings is 1. The van der Waals surface area contributed by atoms with Crippen LogP contribution in [0.2, 0.25) is 10.0 Å². The molecule has 1 atom stereocenters. The molecule has 2 aromatic heterocycles. The molecule has 39 heavy (non-hydrogen) atoms. The Morgan fingerprint density at radius 3 is 2.54 bits per heavy atom. The maximum absolute atomic E-state index is 13.7. The van der Waals surface area contributed by atoms with Gasteiger partial charge in [-0.25, -0.2) is 18.1 Å². The number of hydrogen-bond acceptors (Lipinski definition) is 6. The Hall–Kier alpha value is -2.76. The highest BCUT2D eigenvalue weighted by molar-refractivity contribution is 7.89. The summed E-state index contributed by atoms with van der Waals surface area (Å²) in [6.07, 6.45) is 1.58. The van der Waals surface area contributed by atoms with Crippen LogP contribution in [0.1, 0.15) is 42.7 Å². The summed E-state index contributed by atoms with van der Waals surface area (Å²) >= 11 is 13.7. The van der Waals surface area contributed by atoms with Crippen LogP contribution < -0.4 is 0 Å². The van der Waals surface area contributed by atoms with Crippen molar-refractivity contribution in [1.29, 1.82) is 0 Å². The Kier molecular flexibility index (Phi) is 7.85. The number of halogens is 2. The lowest BCUT2D eigenvalue weighted by Gasteiger charge is -2.39. The number of sulfonamides is 1. The summed E-state index contributed by atoms with van der Waals surface area (Å²) in [7, 11) is -3.90. The minimum atomic E-state index is -3.90. The number of benzene rings is 2. The van der Waals surface area contributed by atoms with Gasteiger partial charge in [-0.2, -0.15) is 9.40 Å². The minimum absolute atomic E-state index is 0.000383. The Morgan fingerprint density at radius 1 is 1.10 bits per heavy atom. The Balaban J connectivity index is 1.38. The van der Waals surface area contributed by atoms with Crippen LogP contribution in [-0.4, -0.2) is 64.0 Å². The highest BCUT2D eigenvalue weighted by atomic mass is 35.5. The summed E-state index contributed by atoms with van der Waals surface area (Å²) in [5.74, 6) is -0.186. The zero-order chi connectivity index (χ0) is 27.9. The largest absolute Gasteiger partial charge is 0.336 e. The first kappa shape index (κ1) is 27.8. The van der Waals surface area contributed by atoms with E-state index in [9.17, 15) is 13.2 Å². The van der Waals surface area contributed by atoms with Crippen molar-refractivity contribution in [2.24, 2.45) is 0 Å². The number of piperazine rings is 1. The number of amides is 1. The van der Waals surface area contributed by atoms with E-state index >= 15 is 0 Å². The van der Waals surface area contributed by atoms with Gasteiger partial charge in [-0.05, 0) is 31.0 Å². The fourth-order valence-electron chi connectivity index (χ4n) is 4.79. The lowest BCUT2D eigenvalue weighted by atomic mass is 10.0. The number of nitrogens with zero attached hydrogens (tertiary/aromatic N) is 5. The third-order valence-electron chi connectivity index (χ3n) is 6.66. The second kappa shape index (κ2) is 11.0. The fraction of sp³-hybridized carbons (Fsp3) is 0.296. The van der Waals surface area contributed by atoms with Crippen molar-refractivity contribution in [2.45, 2.75) is 37.6 Å². The van der Waals surface area contributed by atoms with Crippen LogP contribution >= 0.6 is 34.5 Å². The van der Waals surface area contributed by atoms with Gasteiger partial charge in [0.1, 0.15) is 4.90 Å². The quantitative estimate of drug-likeness (QED) is 0.271. The number of carbonyl (C=O) groups excluding carboxylic acids is 1. The summed E-state index contributed by atoms with van der Waals surface area (Å²) in [5.41, 5.74) is 3.11. The van der Waals surface area contributed by atoms with Gasteiger partial charge in [-0.15, -0.1) is 11.3 Å². The molecule has 1 saturated heterocycles. The first-order chi connectivity index (χ1) is 18.6. The van der Waals surface area contributed by atoms with E-state index in [-0.39, 0.29) is 46.4 Å². The molecule has 204 valence electrons. The van der Waals surface area contributed by atoms with E-state index in [0.29, 0.717) is 10.7 Å². The zero-order valence-electron chi connectivity index (χ0n) is 21.6. The number of rotatable bonds is 6. The average Bonchev–Trinajstić information content (AvgIpc) is 3.57. The van der Waals surface area contributed by atoms with E-state index in [1.807, 2.05) is 49.6 Å². The first-order valence-corrected chi connectivity index (χ1v) is 15.5. The second-order valence-corrected chi connectivity index (χ2v) is 13.2. The van der Waals surface area contributed by atoms with E-state index < -0.39 is 16.1 Å². The lowest BCUT2D eigenvalue weighted by Crippen LogP contribution is -2.55. The van der Waals surface area contributed by atoms with Crippen LogP contribution in [0.3, 0.4) is 0 Å². The van der Waals surface area contributed by atoms with Crippen molar-refractivity contribution in [2.75, 3.05) is 19.6 Å². The molecule has 4 aromatic rings. The van der Waals surface area contributed by atoms with Crippen molar-refractivity contribution < 1.29 is 13.2 Å². The molecule has 1 unspecified atom stereocenters. The van der Waals surface area contributed by atoms with Crippen molar-refractivity contribution in [3.8, 4) is 16.4 Å².